The summed E-state index contributed by atoms with van der Waals surface area (Å²) in [6, 6.07) is 8.60. The van der Waals surface area contributed by atoms with Gasteiger partial charge in [-0.1, -0.05) is 0 Å². The van der Waals surface area contributed by atoms with Crippen molar-refractivity contribution in [1.82, 2.24) is 14.9 Å². The maximum absolute atomic E-state index is 12.8. The van der Waals surface area contributed by atoms with Crippen molar-refractivity contribution < 1.29 is 14.4 Å². The molecule has 2 aromatic rings. The summed E-state index contributed by atoms with van der Waals surface area (Å²) in [6.45, 7) is 5.20. The molecule has 0 unspecified atom stereocenters. The molecule has 9 heteroatoms. The second-order valence-electron chi connectivity index (χ2n) is 6.75. The molecule has 0 bridgehead atoms. The fourth-order valence-electron chi connectivity index (χ4n) is 3.16. The monoisotopic (exact) mass is 396 g/mol. The molecular weight excluding hydrogens is 372 g/mol. The van der Waals surface area contributed by atoms with Crippen molar-refractivity contribution in [2.45, 2.75) is 13.8 Å². The molecule has 1 aliphatic rings. The molecule has 1 aliphatic heterocycles. The van der Waals surface area contributed by atoms with Crippen molar-refractivity contribution in [2.24, 2.45) is 0 Å². The number of rotatable bonds is 5. The zero-order chi connectivity index (χ0) is 20.8. The van der Waals surface area contributed by atoms with Gasteiger partial charge >= 0.3 is 0 Å². The van der Waals surface area contributed by atoms with E-state index in [-0.39, 0.29) is 24.3 Å². The quantitative estimate of drug-likeness (QED) is 0.814. The average molecular weight is 396 g/mol. The zero-order valence-electron chi connectivity index (χ0n) is 16.5. The van der Waals surface area contributed by atoms with Crippen molar-refractivity contribution in [3.8, 4) is 0 Å². The maximum Gasteiger partial charge on any atom is 0.242 e. The summed E-state index contributed by atoms with van der Waals surface area (Å²) in [5.74, 6) is 0.155. The Morgan fingerprint density at radius 3 is 2.17 bits per heavy atom. The first-order valence-electron chi connectivity index (χ1n) is 9.39. The van der Waals surface area contributed by atoms with Crippen molar-refractivity contribution in [1.29, 1.82) is 0 Å². The van der Waals surface area contributed by atoms with Crippen LogP contribution in [-0.4, -0.2) is 65.3 Å². The van der Waals surface area contributed by atoms with E-state index in [1.54, 1.807) is 47.6 Å². The molecule has 3 rings (SSSR count). The molecule has 0 atom stereocenters. The minimum atomic E-state index is -0.220. The minimum absolute atomic E-state index is 0.0311. The van der Waals surface area contributed by atoms with Gasteiger partial charge in [0.25, 0.3) is 0 Å². The Morgan fingerprint density at radius 2 is 1.62 bits per heavy atom. The number of carbonyl (C=O) groups is 3. The first kappa shape index (κ1) is 20.2. The standard InChI is InChI=1S/C20H24N6O3/c1-15(27)23-17-4-6-18(7-5-17)26(16(2)28)14-19(29)24-10-12-25(13-11-24)20-21-8-3-9-22-20/h3-9H,10-14H2,1-2H3,(H,23,27). The predicted molar refractivity (Wildman–Crippen MR) is 110 cm³/mol. The van der Waals surface area contributed by atoms with Gasteiger partial charge in [-0.25, -0.2) is 9.97 Å². The van der Waals surface area contributed by atoms with Gasteiger partial charge in [0, 0.05) is 63.8 Å². The first-order valence-corrected chi connectivity index (χ1v) is 9.39. The lowest BCUT2D eigenvalue weighted by Gasteiger charge is -2.35. The molecule has 1 saturated heterocycles. The molecule has 3 amide bonds. The highest BCUT2D eigenvalue weighted by atomic mass is 16.2. The Morgan fingerprint density at radius 1 is 1.00 bits per heavy atom. The number of amides is 3. The van der Waals surface area contributed by atoms with Gasteiger partial charge < -0.3 is 20.0 Å². The van der Waals surface area contributed by atoms with Crippen LogP contribution in [0.3, 0.4) is 0 Å². The van der Waals surface area contributed by atoms with E-state index in [0.717, 1.165) is 0 Å². The van der Waals surface area contributed by atoms with E-state index in [1.165, 1.54) is 18.7 Å². The summed E-state index contributed by atoms with van der Waals surface area (Å²) >= 11 is 0. The highest BCUT2D eigenvalue weighted by Gasteiger charge is 2.25. The van der Waals surface area contributed by atoms with Gasteiger partial charge in [-0.15, -0.1) is 0 Å². The largest absolute Gasteiger partial charge is 0.338 e. The van der Waals surface area contributed by atoms with Gasteiger partial charge in [-0.2, -0.15) is 0 Å². The lowest BCUT2D eigenvalue weighted by molar-refractivity contribution is -0.131. The number of aromatic nitrogens is 2. The number of benzene rings is 1. The van der Waals surface area contributed by atoms with Gasteiger partial charge in [0.05, 0.1) is 0 Å². The van der Waals surface area contributed by atoms with Crippen LogP contribution in [0.2, 0.25) is 0 Å². The molecule has 1 fully saturated rings. The molecule has 1 N–H and O–H groups in total. The number of nitrogens with one attached hydrogen (secondary N) is 1. The molecule has 0 aliphatic carbocycles. The van der Waals surface area contributed by atoms with Gasteiger partial charge in [0.1, 0.15) is 6.54 Å². The number of anilines is 3. The third-order valence-electron chi connectivity index (χ3n) is 4.64. The van der Waals surface area contributed by atoms with Crippen LogP contribution in [0.5, 0.6) is 0 Å². The molecule has 0 radical (unpaired) electrons. The lowest BCUT2D eigenvalue weighted by Crippen LogP contribution is -2.52. The SMILES string of the molecule is CC(=O)Nc1ccc(N(CC(=O)N2CCN(c3ncccn3)CC2)C(C)=O)cc1. The molecule has 1 aromatic carbocycles. The first-order chi connectivity index (χ1) is 13.9. The summed E-state index contributed by atoms with van der Waals surface area (Å²) in [7, 11) is 0. The summed E-state index contributed by atoms with van der Waals surface area (Å²) in [5, 5.41) is 2.68. The lowest BCUT2D eigenvalue weighted by atomic mass is 10.2. The number of hydrogen-bond donors (Lipinski definition) is 1. The second-order valence-corrected chi connectivity index (χ2v) is 6.75. The summed E-state index contributed by atoms with van der Waals surface area (Å²) in [4.78, 5) is 49.7. The number of hydrogen-bond acceptors (Lipinski definition) is 6. The van der Waals surface area contributed by atoms with Crippen molar-refractivity contribution in [3.05, 3.63) is 42.7 Å². The van der Waals surface area contributed by atoms with Gasteiger partial charge in [-0.05, 0) is 30.3 Å². The van der Waals surface area contributed by atoms with Gasteiger partial charge in [-0.3, -0.25) is 14.4 Å². The van der Waals surface area contributed by atoms with E-state index < -0.39 is 0 Å². The summed E-state index contributed by atoms with van der Waals surface area (Å²) < 4.78 is 0. The normalized spacial score (nSPS) is 13.7. The molecule has 9 nitrogen and oxygen atoms in total. The van der Waals surface area contributed by atoms with Crippen LogP contribution >= 0.6 is 0 Å². The Kier molecular flexibility index (Phi) is 6.38. The van der Waals surface area contributed by atoms with E-state index in [9.17, 15) is 14.4 Å². The smallest absolute Gasteiger partial charge is 0.242 e. The minimum Gasteiger partial charge on any atom is -0.338 e. The van der Waals surface area contributed by atoms with E-state index in [1.807, 2.05) is 4.90 Å². The topological polar surface area (TPSA) is 98.7 Å². The molecule has 0 spiro atoms. The highest BCUT2D eigenvalue weighted by Crippen LogP contribution is 2.19. The van der Waals surface area contributed by atoms with Gasteiger partial charge in [0.15, 0.2) is 0 Å². The van der Waals surface area contributed by atoms with Crippen LogP contribution < -0.4 is 15.1 Å². The molecule has 29 heavy (non-hydrogen) atoms. The summed E-state index contributed by atoms with van der Waals surface area (Å²) in [5.41, 5.74) is 1.24. The maximum atomic E-state index is 12.8. The van der Waals surface area contributed by atoms with Crippen LogP contribution in [-0.2, 0) is 14.4 Å². The van der Waals surface area contributed by atoms with Crippen molar-refractivity contribution in [3.63, 3.8) is 0 Å². The Hall–Kier alpha value is -3.49. The average Bonchev–Trinajstić information content (AvgIpc) is 2.73. The number of carbonyl (C=O) groups excluding carboxylic acids is 3. The van der Waals surface area contributed by atoms with E-state index >= 15 is 0 Å². The molecule has 1 aromatic heterocycles. The van der Waals surface area contributed by atoms with E-state index in [4.69, 9.17) is 0 Å². The molecule has 2 heterocycles. The Labute approximate surface area is 169 Å². The van der Waals surface area contributed by atoms with Crippen molar-refractivity contribution >= 4 is 35.0 Å². The fourth-order valence-corrected chi connectivity index (χ4v) is 3.16. The molecular formula is C20H24N6O3. The number of nitrogens with zero attached hydrogens (tertiary/aromatic N) is 5. The third kappa shape index (κ3) is 5.28. The molecule has 0 saturated carbocycles. The highest BCUT2D eigenvalue weighted by molar-refractivity contribution is 5.98. The Bertz CT molecular complexity index is 864. The Balaban J connectivity index is 1.60. The predicted octanol–water partition coefficient (Wildman–Crippen LogP) is 1.14. The third-order valence-corrected chi connectivity index (χ3v) is 4.64. The van der Waals surface area contributed by atoms with Crippen LogP contribution in [0, 0.1) is 0 Å². The second kappa shape index (κ2) is 9.13. The van der Waals surface area contributed by atoms with Gasteiger partial charge in [0.2, 0.25) is 23.7 Å². The van der Waals surface area contributed by atoms with Crippen LogP contribution in [0.15, 0.2) is 42.7 Å². The summed E-state index contributed by atoms with van der Waals surface area (Å²) in [6.07, 6.45) is 3.39. The van der Waals surface area contributed by atoms with E-state index in [2.05, 4.69) is 15.3 Å². The van der Waals surface area contributed by atoms with Crippen LogP contribution in [0.4, 0.5) is 17.3 Å². The van der Waals surface area contributed by atoms with Crippen LogP contribution in [0.1, 0.15) is 13.8 Å². The van der Waals surface area contributed by atoms with E-state index in [0.29, 0.717) is 43.5 Å². The fraction of sp³-hybridized carbons (Fsp3) is 0.350. The van der Waals surface area contributed by atoms with Crippen LogP contribution in [0.25, 0.3) is 0 Å². The molecule has 152 valence electrons. The number of piperazine rings is 1. The zero-order valence-corrected chi connectivity index (χ0v) is 16.5. The van der Waals surface area contributed by atoms with Crippen molar-refractivity contribution in [2.75, 3.05) is 47.8 Å².